The molecular formula is C7H6N2O4. The lowest BCUT2D eigenvalue weighted by Crippen LogP contribution is -1.96. The molecule has 1 rings (SSSR count). The van der Waals surface area contributed by atoms with Crippen LogP contribution in [0.4, 0.5) is 11.4 Å². The Kier molecular flexibility index (Phi) is 2.23. The molecule has 0 atom stereocenters. The Balaban J connectivity index is 3.35. The van der Waals surface area contributed by atoms with Gasteiger partial charge in [0.2, 0.25) is 0 Å². The Morgan fingerprint density at radius 1 is 1.08 bits per heavy atom. The molecule has 0 N–H and O–H groups in total. The van der Waals surface area contributed by atoms with E-state index in [-0.39, 0.29) is 16.9 Å². The number of nitro groups is 2. The van der Waals surface area contributed by atoms with Crippen LogP contribution in [0, 0.1) is 27.2 Å². The van der Waals surface area contributed by atoms with E-state index in [1.54, 1.807) is 0 Å². The number of nitrogens with zero attached hydrogens (tertiary/aromatic N) is 2. The Labute approximate surface area is 73.1 Å². The summed E-state index contributed by atoms with van der Waals surface area (Å²) in [7, 11) is 0. The van der Waals surface area contributed by atoms with Crippen molar-refractivity contribution < 1.29 is 9.85 Å². The van der Waals surface area contributed by atoms with Crippen molar-refractivity contribution in [1.82, 2.24) is 0 Å². The Bertz CT molecular complexity index is 343. The van der Waals surface area contributed by atoms with Gasteiger partial charge in [-0.25, -0.2) is 0 Å². The summed E-state index contributed by atoms with van der Waals surface area (Å²) in [6.07, 6.45) is 0. The van der Waals surface area contributed by atoms with E-state index in [2.05, 4.69) is 0 Å². The fourth-order valence-corrected chi connectivity index (χ4v) is 1.01. The summed E-state index contributed by atoms with van der Waals surface area (Å²) in [4.78, 5) is 19.5. The molecule has 6 heteroatoms. The zero-order valence-electron chi connectivity index (χ0n) is 6.76. The Morgan fingerprint density at radius 3 is 1.77 bits per heavy atom. The second-order valence-corrected chi connectivity index (χ2v) is 2.44. The molecule has 0 unspecified atom stereocenters. The van der Waals surface area contributed by atoms with Crippen molar-refractivity contribution in [3.63, 3.8) is 0 Å². The summed E-state index contributed by atoms with van der Waals surface area (Å²) in [6, 6.07) is 3.77. The second kappa shape index (κ2) is 3.18. The molecule has 0 aliphatic rings. The van der Waals surface area contributed by atoms with Crippen molar-refractivity contribution in [3.8, 4) is 0 Å². The average molecular weight is 184 g/mol. The van der Waals surface area contributed by atoms with Crippen molar-refractivity contribution in [3.05, 3.63) is 44.0 Å². The van der Waals surface area contributed by atoms with Gasteiger partial charge < -0.3 is 0 Å². The van der Waals surface area contributed by atoms with E-state index in [1.807, 2.05) is 0 Å². The molecule has 13 heavy (non-hydrogen) atoms. The summed E-state index contributed by atoms with van der Waals surface area (Å²) in [5.41, 5.74) is -0.374. The molecular weight excluding hydrogens is 178 g/mol. The molecule has 1 aromatic rings. The maximum atomic E-state index is 10.4. The minimum absolute atomic E-state index is 0.0810. The van der Waals surface area contributed by atoms with Crippen molar-refractivity contribution in [2.24, 2.45) is 0 Å². The van der Waals surface area contributed by atoms with Crippen LogP contribution in [0.3, 0.4) is 0 Å². The minimum atomic E-state index is -0.637. The summed E-state index contributed by atoms with van der Waals surface area (Å²) in [5.74, 6) is 0. The molecule has 0 saturated carbocycles. The highest BCUT2D eigenvalue weighted by atomic mass is 16.6. The summed E-state index contributed by atoms with van der Waals surface area (Å²) < 4.78 is 0. The molecule has 0 fully saturated rings. The third kappa shape index (κ3) is 1.61. The maximum Gasteiger partial charge on any atom is 0.279 e. The molecule has 0 aliphatic heterocycles. The quantitative estimate of drug-likeness (QED) is 0.518. The van der Waals surface area contributed by atoms with E-state index in [1.165, 1.54) is 25.1 Å². The number of nitro benzene ring substituents is 2. The van der Waals surface area contributed by atoms with E-state index in [0.717, 1.165) is 0 Å². The summed E-state index contributed by atoms with van der Waals surface area (Å²) in [6.45, 7) is 1.36. The summed E-state index contributed by atoms with van der Waals surface area (Å²) >= 11 is 0. The molecule has 0 heterocycles. The molecule has 0 aromatic heterocycles. The fraction of sp³-hybridized carbons (Fsp3) is 0.143. The molecule has 0 spiro atoms. The minimum Gasteiger partial charge on any atom is -0.258 e. The van der Waals surface area contributed by atoms with Gasteiger partial charge in [0.1, 0.15) is 5.56 Å². The zero-order valence-corrected chi connectivity index (χ0v) is 6.76. The highest BCUT2D eigenvalue weighted by Gasteiger charge is 2.19. The van der Waals surface area contributed by atoms with E-state index >= 15 is 0 Å². The first-order valence-electron chi connectivity index (χ1n) is 3.42. The van der Waals surface area contributed by atoms with Gasteiger partial charge in [-0.15, -0.1) is 0 Å². The van der Waals surface area contributed by atoms with Crippen LogP contribution in [0.1, 0.15) is 5.56 Å². The van der Waals surface area contributed by atoms with Gasteiger partial charge in [-0.05, 0) is 13.0 Å². The lowest BCUT2D eigenvalue weighted by atomic mass is 10.2. The van der Waals surface area contributed by atoms with Crippen molar-refractivity contribution in [1.29, 1.82) is 0 Å². The largest absolute Gasteiger partial charge is 0.279 e. The third-order valence-corrected chi connectivity index (χ3v) is 1.67. The Hall–Kier alpha value is -1.98. The predicted molar refractivity (Wildman–Crippen MR) is 44.5 cm³/mol. The van der Waals surface area contributed by atoms with Gasteiger partial charge in [-0.2, -0.15) is 0 Å². The van der Waals surface area contributed by atoms with Crippen LogP contribution in [0.15, 0.2) is 18.2 Å². The molecule has 0 saturated heterocycles. The van der Waals surface area contributed by atoms with Crippen LogP contribution in [0.5, 0.6) is 0 Å². The number of benzene rings is 1. The normalized spacial score (nSPS) is 9.62. The fourth-order valence-electron chi connectivity index (χ4n) is 1.01. The van der Waals surface area contributed by atoms with Gasteiger partial charge in [0.15, 0.2) is 0 Å². The number of rotatable bonds is 2. The van der Waals surface area contributed by atoms with Crippen molar-refractivity contribution in [2.45, 2.75) is 6.92 Å². The highest BCUT2D eigenvalue weighted by Crippen LogP contribution is 2.26. The van der Waals surface area contributed by atoms with E-state index in [0.29, 0.717) is 0 Å². The first-order chi connectivity index (χ1) is 6.04. The second-order valence-electron chi connectivity index (χ2n) is 2.44. The number of hydrogen-bond donors (Lipinski definition) is 0. The first-order valence-corrected chi connectivity index (χ1v) is 3.42. The molecule has 0 aliphatic carbocycles. The van der Waals surface area contributed by atoms with Crippen LogP contribution in [0.25, 0.3) is 0 Å². The van der Waals surface area contributed by atoms with Gasteiger partial charge in [0, 0.05) is 12.1 Å². The van der Waals surface area contributed by atoms with Crippen molar-refractivity contribution in [2.75, 3.05) is 0 Å². The summed E-state index contributed by atoms with van der Waals surface area (Å²) in [5, 5.41) is 20.8. The molecule has 0 radical (unpaired) electrons. The van der Waals surface area contributed by atoms with E-state index in [4.69, 9.17) is 0 Å². The SMILES string of the molecule is [14CH3]c1c([N+](=O)[O-])cccc1[N+](=O)[O-]. The lowest BCUT2D eigenvalue weighted by Gasteiger charge is -1.96. The molecule has 68 valence electrons. The molecule has 0 bridgehead atoms. The van der Waals surface area contributed by atoms with Gasteiger partial charge in [-0.1, -0.05) is 0 Å². The van der Waals surface area contributed by atoms with Crippen LogP contribution in [-0.4, -0.2) is 9.85 Å². The maximum absolute atomic E-state index is 10.4. The van der Waals surface area contributed by atoms with Gasteiger partial charge in [-0.3, -0.25) is 20.2 Å². The van der Waals surface area contributed by atoms with Gasteiger partial charge in [0.25, 0.3) is 11.4 Å². The standard InChI is InChI=1S/C7H6N2O4/c1-5-6(8(10)11)3-2-4-7(5)9(12)13/h2-4H,1H3/i1+2. The van der Waals surface area contributed by atoms with Crippen LogP contribution < -0.4 is 0 Å². The van der Waals surface area contributed by atoms with Crippen LogP contribution in [0.2, 0.25) is 0 Å². The smallest absolute Gasteiger partial charge is 0.258 e. The zero-order chi connectivity index (χ0) is 10.0. The van der Waals surface area contributed by atoms with Gasteiger partial charge >= 0.3 is 0 Å². The topological polar surface area (TPSA) is 86.3 Å². The average Bonchev–Trinajstić information content (AvgIpc) is 2.03. The van der Waals surface area contributed by atoms with Gasteiger partial charge in [0.05, 0.1) is 9.85 Å². The first kappa shape index (κ1) is 9.11. The monoisotopic (exact) mass is 184 g/mol. The molecule has 6 nitrogen and oxygen atoms in total. The molecule has 0 amide bonds. The van der Waals surface area contributed by atoms with Crippen LogP contribution >= 0.6 is 0 Å². The highest BCUT2D eigenvalue weighted by molar-refractivity contribution is 5.52. The van der Waals surface area contributed by atoms with E-state index < -0.39 is 9.85 Å². The predicted octanol–water partition coefficient (Wildman–Crippen LogP) is 1.81. The van der Waals surface area contributed by atoms with E-state index in [9.17, 15) is 20.2 Å². The third-order valence-electron chi connectivity index (χ3n) is 1.67. The number of hydrogen-bond acceptors (Lipinski definition) is 4. The van der Waals surface area contributed by atoms with Crippen LogP contribution in [-0.2, 0) is 0 Å². The lowest BCUT2D eigenvalue weighted by molar-refractivity contribution is -0.395. The Morgan fingerprint density at radius 2 is 1.46 bits per heavy atom. The molecule has 1 aromatic carbocycles. The van der Waals surface area contributed by atoms with Crippen molar-refractivity contribution >= 4 is 11.4 Å².